The number of hydrogen-bond acceptors (Lipinski definition) is 2. The Morgan fingerprint density at radius 1 is 1.22 bits per heavy atom. The van der Waals surface area contributed by atoms with Crippen molar-refractivity contribution in [3.63, 3.8) is 0 Å². The third kappa shape index (κ3) is 3.18. The molecule has 0 saturated heterocycles. The SMILES string of the molecule is O=Cc1cccc(Br)c1OCC(F)(F)C(F)(F)F. The van der Waals surface area contributed by atoms with Crippen molar-refractivity contribution in [2.24, 2.45) is 0 Å². The van der Waals surface area contributed by atoms with Crippen LogP contribution in [0.3, 0.4) is 0 Å². The van der Waals surface area contributed by atoms with Gasteiger partial charge >= 0.3 is 12.1 Å². The van der Waals surface area contributed by atoms with Crippen molar-refractivity contribution in [3.8, 4) is 5.75 Å². The third-order valence-electron chi connectivity index (χ3n) is 1.94. The van der Waals surface area contributed by atoms with Gasteiger partial charge in [-0.25, -0.2) is 0 Å². The average molecular weight is 333 g/mol. The average Bonchev–Trinajstić information content (AvgIpc) is 2.25. The van der Waals surface area contributed by atoms with E-state index in [1.807, 2.05) is 0 Å². The quantitative estimate of drug-likeness (QED) is 0.618. The minimum atomic E-state index is -5.70. The Morgan fingerprint density at radius 2 is 1.83 bits per heavy atom. The predicted octanol–water partition coefficient (Wildman–Crippen LogP) is 3.84. The highest BCUT2D eigenvalue weighted by Gasteiger charge is 2.58. The van der Waals surface area contributed by atoms with Gasteiger partial charge in [-0.15, -0.1) is 0 Å². The second kappa shape index (κ2) is 5.21. The smallest absolute Gasteiger partial charge is 0.456 e. The summed E-state index contributed by atoms with van der Waals surface area (Å²) in [5.41, 5.74) is -0.123. The van der Waals surface area contributed by atoms with Crippen LogP contribution >= 0.6 is 15.9 Å². The van der Waals surface area contributed by atoms with E-state index in [0.717, 1.165) is 0 Å². The molecule has 0 aromatic heterocycles. The van der Waals surface area contributed by atoms with Gasteiger partial charge in [-0.1, -0.05) is 6.07 Å². The molecule has 18 heavy (non-hydrogen) atoms. The van der Waals surface area contributed by atoms with Gasteiger partial charge in [0.1, 0.15) is 5.75 Å². The fraction of sp³-hybridized carbons (Fsp3) is 0.300. The molecule has 0 aliphatic heterocycles. The summed E-state index contributed by atoms with van der Waals surface area (Å²) in [5.74, 6) is -5.33. The van der Waals surface area contributed by atoms with E-state index in [9.17, 15) is 26.7 Å². The number of carbonyl (C=O) groups is 1. The van der Waals surface area contributed by atoms with Gasteiger partial charge in [0.15, 0.2) is 12.9 Å². The normalized spacial score (nSPS) is 12.3. The van der Waals surface area contributed by atoms with Crippen molar-refractivity contribution in [3.05, 3.63) is 28.2 Å². The molecule has 0 fully saturated rings. The van der Waals surface area contributed by atoms with Crippen molar-refractivity contribution in [1.82, 2.24) is 0 Å². The minimum absolute atomic E-state index is 0.116. The number of benzene rings is 1. The van der Waals surface area contributed by atoms with Crippen molar-refractivity contribution in [1.29, 1.82) is 0 Å². The van der Waals surface area contributed by atoms with Crippen LogP contribution in [-0.4, -0.2) is 25.0 Å². The molecule has 0 spiro atoms. The number of aldehydes is 1. The minimum Gasteiger partial charge on any atom is -0.485 e. The summed E-state index contributed by atoms with van der Waals surface area (Å²) in [5, 5.41) is 0. The molecule has 1 aromatic carbocycles. The van der Waals surface area contributed by atoms with Gasteiger partial charge in [0, 0.05) is 0 Å². The third-order valence-corrected chi connectivity index (χ3v) is 2.56. The van der Waals surface area contributed by atoms with Crippen LogP contribution < -0.4 is 4.74 Å². The van der Waals surface area contributed by atoms with Crippen LogP contribution in [0.5, 0.6) is 5.75 Å². The van der Waals surface area contributed by atoms with Gasteiger partial charge in [0.2, 0.25) is 0 Å². The molecule has 0 aliphatic carbocycles. The zero-order valence-electron chi connectivity index (χ0n) is 8.60. The molecule has 0 heterocycles. The van der Waals surface area contributed by atoms with Crippen LogP contribution in [0, 0.1) is 0 Å². The maximum atomic E-state index is 12.6. The fourth-order valence-electron chi connectivity index (χ4n) is 1.02. The molecular formula is C10H6BrF5O2. The molecule has 0 saturated carbocycles. The first-order chi connectivity index (χ1) is 8.19. The summed E-state index contributed by atoms with van der Waals surface area (Å²) in [7, 11) is 0. The summed E-state index contributed by atoms with van der Waals surface area (Å²) in [6.07, 6.45) is -5.40. The lowest BCUT2D eigenvalue weighted by Gasteiger charge is -2.20. The largest absolute Gasteiger partial charge is 0.485 e. The number of carbonyl (C=O) groups excluding carboxylic acids is 1. The first kappa shape index (κ1) is 14.9. The first-order valence-corrected chi connectivity index (χ1v) is 5.29. The van der Waals surface area contributed by atoms with E-state index in [-0.39, 0.29) is 15.8 Å². The van der Waals surface area contributed by atoms with Crippen LogP contribution in [0.15, 0.2) is 22.7 Å². The van der Waals surface area contributed by atoms with E-state index in [1.54, 1.807) is 0 Å². The molecule has 0 radical (unpaired) electrons. The second-order valence-corrected chi connectivity index (χ2v) is 4.12. The lowest BCUT2D eigenvalue weighted by molar-refractivity contribution is -0.290. The summed E-state index contributed by atoms with van der Waals surface area (Å²) in [6, 6.07) is 4.01. The van der Waals surface area contributed by atoms with Crippen molar-refractivity contribution < 1.29 is 31.5 Å². The zero-order valence-corrected chi connectivity index (χ0v) is 10.2. The summed E-state index contributed by atoms with van der Waals surface area (Å²) >= 11 is 2.90. The van der Waals surface area contributed by atoms with E-state index in [4.69, 9.17) is 0 Å². The number of rotatable bonds is 4. The second-order valence-electron chi connectivity index (χ2n) is 3.27. The Bertz CT molecular complexity index is 444. The first-order valence-electron chi connectivity index (χ1n) is 4.50. The van der Waals surface area contributed by atoms with E-state index in [1.165, 1.54) is 18.2 Å². The van der Waals surface area contributed by atoms with E-state index in [2.05, 4.69) is 20.7 Å². The van der Waals surface area contributed by atoms with Gasteiger partial charge in [0.25, 0.3) is 0 Å². The maximum Gasteiger partial charge on any atom is 0.456 e. The van der Waals surface area contributed by atoms with Gasteiger partial charge < -0.3 is 4.74 Å². The van der Waals surface area contributed by atoms with Crippen LogP contribution in [0.2, 0.25) is 0 Å². The van der Waals surface area contributed by atoms with E-state index in [0.29, 0.717) is 6.29 Å². The van der Waals surface area contributed by atoms with Crippen molar-refractivity contribution in [2.45, 2.75) is 12.1 Å². The molecular weight excluding hydrogens is 327 g/mol. The monoisotopic (exact) mass is 332 g/mol. The summed E-state index contributed by atoms with van der Waals surface area (Å²) in [6.45, 7) is -1.89. The molecule has 1 aromatic rings. The molecule has 1 rings (SSSR count). The highest BCUT2D eigenvalue weighted by molar-refractivity contribution is 9.10. The Balaban J connectivity index is 2.91. The topological polar surface area (TPSA) is 26.3 Å². The molecule has 0 atom stereocenters. The molecule has 2 nitrogen and oxygen atoms in total. The van der Waals surface area contributed by atoms with Crippen LogP contribution in [0.4, 0.5) is 22.0 Å². The number of para-hydroxylation sites is 1. The van der Waals surface area contributed by atoms with Gasteiger partial charge in [-0.05, 0) is 28.1 Å². The Kier molecular flexibility index (Phi) is 4.31. The van der Waals surface area contributed by atoms with Crippen molar-refractivity contribution >= 4 is 22.2 Å². The molecule has 8 heteroatoms. The zero-order chi connectivity index (χ0) is 14.0. The fourth-order valence-corrected chi connectivity index (χ4v) is 1.51. The highest BCUT2D eigenvalue weighted by Crippen LogP contribution is 2.37. The number of halogens is 6. The molecule has 0 amide bonds. The maximum absolute atomic E-state index is 12.6. The molecule has 0 N–H and O–H groups in total. The molecule has 0 aliphatic rings. The predicted molar refractivity (Wildman–Crippen MR) is 56.0 cm³/mol. The van der Waals surface area contributed by atoms with Gasteiger partial charge in [0.05, 0.1) is 10.0 Å². The van der Waals surface area contributed by atoms with E-state index >= 15 is 0 Å². The Morgan fingerprint density at radius 3 is 2.33 bits per heavy atom. The van der Waals surface area contributed by atoms with Crippen LogP contribution in [-0.2, 0) is 0 Å². The summed E-state index contributed by atoms with van der Waals surface area (Å²) in [4.78, 5) is 10.6. The van der Waals surface area contributed by atoms with Crippen LogP contribution in [0.1, 0.15) is 10.4 Å². The van der Waals surface area contributed by atoms with Gasteiger partial charge in [-0.3, -0.25) is 4.79 Å². The number of hydrogen-bond donors (Lipinski definition) is 0. The molecule has 0 bridgehead atoms. The molecule has 0 unspecified atom stereocenters. The number of alkyl halides is 5. The standard InChI is InChI=1S/C10H6BrF5O2/c11-7-3-1-2-6(4-17)8(7)18-5-9(12,13)10(14,15)16/h1-4H,5H2. The van der Waals surface area contributed by atoms with E-state index < -0.39 is 18.7 Å². The van der Waals surface area contributed by atoms with Crippen LogP contribution in [0.25, 0.3) is 0 Å². The summed E-state index contributed by atoms with van der Waals surface area (Å²) < 4.78 is 65.5. The Labute approximate surface area is 107 Å². The van der Waals surface area contributed by atoms with Crippen molar-refractivity contribution in [2.75, 3.05) is 6.61 Å². The Hall–Kier alpha value is -1.18. The lowest BCUT2D eigenvalue weighted by atomic mass is 10.2. The number of ether oxygens (including phenoxy) is 1. The molecule has 100 valence electrons. The lowest BCUT2D eigenvalue weighted by Crippen LogP contribution is -2.41. The highest BCUT2D eigenvalue weighted by atomic mass is 79.9. The van der Waals surface area contributed by atoms with Gasteiger partial charge in [-0.2, -0.15) is 22.0 Å².